The first-order valence-electron chi connectivity index (χ1n) is 7.14. The summed E-state index contributed by atoms with van der Waals surface area (Å²) in [4.78, 5) is -0.941. The molecule has 148 valence electrons. The molecular weight excluding hydrogens is 434 g/mol. The van der Waals surface area contributed by atoms with Gasteiger partial charge in [-0.25, -0.2) is 25.9 Å². The number of benzene rings is 2. The minimum Gasteiger partial charge on any atom is -0.218 e. The lowest BCUT2D eigenvalue weighted by molar-refractivity contribution is -0.0450. The molecule has 0 fully saturated rings. The first-order valence-corrected chi connectivity index (χ1v) is 10.5. The molecule has 0 aliphatic carbocycles. The van der Waals surface area contributed by atoms with Crippen molar-refractivity contribution in [2.75, 3.05) is 0 Å². The molecule has 12 heteroatoms. The second kappa shape index (κ2) is 7.38. The van der Waals surface area contributed by atoms with Crippen LogP contribution >= 0.6 is 11.6 Å². The molecule has 0 heterocycles. The van der Waals surface area contributed by atoms with Crippen LogP contribution in [-0.4, -0.2) is 22.3 Å². The zero-order valence-electron chi connectivity index (χ0n) is 13.5. The quantitative estimate of drug-likeness (QED) is 0.710. The molecule has 2 aromatic carbocycles. The van der Waals surface area contributed by atoms with Gasteiger partial charge in [-0.3, -0.25) is 0 Å². The summed E-state index contributed by atoms with van der Waals surface area (Å²) in [5.41, 5.74) is -5.39. The molecule has 27 heavy (non-hydrogen) atoms. The van der Waals surface area contributed by atoms with Gasteiger partial charge in [0.05, 0.1) is 4.90 Å². The van der Waals surface area contributed by atoms with Gasteiger partial charge < -0.3 is 0 Å². The van der Waals surface area contributed by atoms with E-state index in [1.54, 1.807) is 0 Å². The van der Waals surface area contributed by atoms with E-state index < -0.39 is 42.1 Å². The van der Waals surface area contributed by atoms with Crippen LogP contribution < -0.4 is 4.72 Å². The van der Waals surface area contributed by atoms with Crippen molar-refractivity contribution in [2.24, 2.45) is 0 Å². The van der Waals surface area contributed by atoms with Crippen molar-refractivity contribution in [1.29, 1.82) is 0 Å². The largest absolute Gasteiger partial charge is 0.511 e. The average Bonchev–Trinajstić information content (AvgIpc) is 2.53. The van der Waals surface area contributed by atoms with Gasteiger partial charge in [-0.2, -0.15) is 13.2 Å². The van der Waals surface area contributed by atoms with E-state index in [1.807, 2.05) is 0 Å². The molecule has 1 atom stereocenters. The lowest BCUT2D eigenvalue weighted by atomic mass is 10.1. The summed E-state index contributed by atoms with van der Waals surface area (Å²) in [5.74, 6) is -1.06. The third-order valence-corrected chi connectivity index (χ3v) is 6.82. The van der Waals surface area contributed by atoms with Crippen LogP contribution in [0.4, 0.5) is 17.6 Å². The van der Waals surface area contributed by atoms with Crippen molar-refractivity contribution in [3.05, 3.63) is 58.9 Å². The molecule has 0 aromatic heterocycles. The standard InChI is InChI=1S/C15H12ClF4NO4S2/c1-9(21-27(24,25)15(18,19)20)10-2-5-12(6-3-10)26(22,23)14-7-4-11(16)8-13(14)17/h2-9,21H,1H3. The van der Waals surface area contributed by atoms with Crippen LogP contribution in [0.1, 0.15) is 18.5 Å². The number of hydrogen-bond donors (Lipinski definition) is 1. The van der Waals surface area contributed by atoms with Gasteiger partial charge in [0.2, 0.25) is 9.84 Å². The Morgan fingerprint density at radius 1 is 1.00 bits per heavy atom. The molecule has 0 radical (unpaired) electrons. The van der Waals surface area contributed by atoms with Crippen LogP contribution in [-0.2, 0) is 19.9 Å². The molecule has 2 aromatic rings. The van der Waals surface area contributed by atoms with E-state index in [1.165, 1.54) is 10.8 Å². The molecule has 0 saturated heterocycles. The molecule has 0 aliphatic rings. The number of halogens is 5. The van der Waals surface area contributed by atoms with Crippen LogP contribution in [0, 0.1) is 5.82 Å². The minimum absolute atomic E-state index is 0.00701. The average molecular weight is 446 g/mol. The van der Waals surface area contributed by atoms with E-state index in [0.29, 0.717) is 0 Å². The molecule has 1 N–H and O–H groups in total. The minimum atomic E-state index is -5.57. The number of sulfonamides is 1. The molecule has 0 saturated carbocycles. The van der Waals surface area contributed by atoms with Crippen molar-refractivity contribution in [2.45, 2.75) is 28.3 Å². The Hall–Kier alpha value is -1.69. The van der Waals surface area contributed by atoms with E-state index >= 15 is 0 Å². The SMILES string of the molecule is CC(NS(=O)(=O)C(F)(F)F)c1ccc(S(=O)(=O)c2ccc(Cl)cc2F)cc1. The number of sulfone groups is 1. The van der Waals surface area contributed by atoms with E-state index in [0.717, 1.165) is 43.3 Å². The fourth-order valence-corrected chi connectivity index (χ4v) is 4.33. The van der Waals surface area contributed by atoms with Gasteiger partial charge >= 0.3 is 15.5 Å². The van der Waals surface area contributed by atoms with Crippen molar-refractivity contribution in [3.63, 3.8) is 0 Å². The Kier molecular flexibility index (Phi) is 5.91. The van der Waals surface area contributed by atoms with E-state index in [4.69, 9.17) is 11.6 Å². The molecule has 0 spiro atoms. The second-order valence-electron chi connectivity index (χ2n) is 5.44. The van der Waals surface area contributed by atoms with Crippen molar-refractivity contribution < 1.29 is 34.4 Å². The molecule has 0 amide bonds. The highest BCUT2D eigenvalue weighted by molar-refractivity contribution is 7.91. The summed E-state index contributed by atoms with van der Waals surface area (Å²) in [6, 6.07) is 6.07. The number of nitrogens with one attached hydrogen (secondary N) is 1. The monoisotopic (exact) mass is 445 g/mol. The smallest absolute Gasteiger partial charge is 0.218 e. The van der Waals surface area contributed by atoms with Gasteiger partial charge in [-0.05, 0) is 42.8 Å². The topological polar surface area (TPSA) is 80.3 Å². The first-order chi connectivity index (χ1) is 12.3. The van der Waals surface area contributed by atoms with Crippen LogP contribution in [0.3, 0.4) is 0 Å². The summed E-state index contributed by atoms with van der Waals surface area (Å²) < 4.78 is 99.7. The Morgan fingerprint density at radius 3 is 2.04 bits per heavy atom. The maximum Gasteiger partial charge on any atom is 0.511 e. The summed E-state index contributed by atoms with van der Waals surface area (Å²) in [7, 11) is -9.81. The van der Waals surface area contributed by atoms with Gasteiger partial charge in [0.1, 0.15) is 10.7 Å². The highest BCUT2D eigenvalue weighted by atomic mass is 35.5. The van der Waals surface area contributed by atoms with Gasteiger partial charge in [-0.15, -0.1) is 0 Å². The predicted molar refractivity (Wildman–Crippen MR) is 89.8 cm³/mol. The molecular formula is C15H12ClF4NO4S2. The van der Waals surface area contributed by atoms with E-state index in [9.17, 15) is 34.4 Å². The van der Waals surface area contributed by atoms with Crippen LogP contribution in [0.25, 0.3) is 0 Å². The normalized spacial score (nSPS) is 14.1. The van der Waals surface area contributed by atoms with Crippen molar-refractivity contribution in [1.82, 2.24) is 4.72 Å². The summed E-state index contributed by atoms with van der Waals surface area (Å²) in [6.45, 7) is 1.16. The van der Waals surface area contributed by atoms with Gasteiger partial charge in [0.25, 0.3) is 0 Å². The molecule has 0 aliphatic heterocycles. The highest BCUT2D eigenvalue weighted by Crippen LogP contribution is 2.28. The Balaban J connectivity index is 2.32. The maximum atomic E-state index is 13.9. The zero-order chi connectivity index (χ0) is 20.6. The van der Waals surface area contributed by atoms with Gasteiger partial charge in [-0.1, -0.05) is 23.7 Å². The van der Waals surface area contributed by atoms with E-state index in [-0.39, 0.29) is 15.5 Å². The summed E-state index contributed by atoms with van der Waals surface area (Å²) >= 11 is 5.58. The third kappa shape index (κ3) is 4.60. The Labute approximate surface area is 157 Å². The third-order valence-electron chi connectivity index (χ3n) is 3.51. The highest BCUT2D eigenvalue weighted by Gasteiger charge is 2.46. The molecule has 1 unspecified atom stereocenters. The molecule has 2 rings (SSSR count). The number of hydrogen-bond acceptors (Lipinski definition) is 4. The van der Waals surface area contributed by atoms with Gasteiger partial charge in [0.15, 0.2) is 0 Å². The number of alkyl halides is 3. The number of rotatable bonds is 5. The summed E-state index contributed by atoms with van der Waals surface area (Å²) in [5, 5.41) is 0.00701. The van der Waals surface area contributed by atoms with Gasteiger partial charge in [0, 0.05) is 11.1 Å². The molecule has 0 bridgehead atoms. The van der Waals surface area contributed by atoms with Crippen LogP contribution in [0.2, 0.25) is 5.02 Å². The first kappa shape index (κ1) is 21.6. The second-order valence-corrected chi connectivity index (χ2v) is 9.50. The van der Waals surface area contributed by atoms with Crippen molar-refractivity contribution in [3.8, 4) is 0 Å². The Morgan fingerprint density at radius 2 is 1.56 bits per heavy atom. The zero-order valence-corrected chi connectivity index (χ0v) is 15.8. The van der Waals surface area contributed by atoms with Crippen LogP contribution in [0.15, 0.2) is 52.3 Å². The predicted octanol–water partition coefficient (Wildman–Crippen LogP) is 3.81. The van der Waals surface area contributed by atoms with Crippen LogP contribution in [0.5, 0.6) is 0 Å². The fourth-order valence-electron chi connectivity index (χ4n) is 2.12. The van der Waals surface area contributed by atoms with Crippen molar-refractivity contribution >= 4 is 31.5 Å². The fraction of sp³-hybridized carbons (Fsp3) is 0.200. The molecule has 5 nitrogen and oxygen atoms in total. The Bertz CT molecular complexity index is 1050. The lowest BCUT2D eigenvalue weighted by Gasteiger charge is -2.16. The lowest BCUT2D eigenvalue weighted by Crippen LogP contribution is -2.37. The summed E-state index contributed by atoms with van der Waals surface area (Å²) in [6.07, 6.45) is 0. The maximum absolute atomic E-state index is 13.9. The van der Waals surface area contributed by atoms with E-state index in [2.05, 4.69) is 0 Å².